The van der Waals surface area contributed by atoms with Crippen LogP contribution in [0.4, 0.5) is 23.7 Å². The van der Waals surface area contributed by atoms with E-state index in [1.807, 2.05) is 18.7 Å². The average molecular weight is 435 g/mol. The van der Waals surface area contributed by atoms with Crippen LogP contribution in [0.15, 0.2) is 54.6 Å². The molecule has 9 heteroatoms. The van der Waals surface area contributed by atoms with Crippen molar-refractivity contribution in [3.63, 3.8) is 0 Å². The lowest BCUT2D eigenvalue weighted by Gasteiger charge is -2.45. The Hall–Kier alpha value is -3.07. The van der Waals surface area contributed by atoms with E-state index in [9.17, 15) is 27.9 Å². The van der Waals surface area contributed by atoms with Gasteiger partial charge in [-0.3, -0.25) is 4.79 Å². The van der Waals surface area contributed by atoms with E-state index in [4.69, 9.17) is 0 Å². The van der Waals surface area contributed by atoms with Gasteiger partial charge in [0.05, 0.1) is 6.04 Å². The van der Waals surface area contributed by atoms with E-state index in [1.165, 1.54) is 29.6 Å². The molecule has 3 N–H and O–H groups in total. The quantitative estimate of drug-likeness (QED) is 0.606. The van der Waals surface area contributed by atoms with E-state index in [1.54, 1.807) is 30.3 Å². The Balaban J connectivity index is 2.09. The van der Waals surface area contributed by atoms with Gasteiger partial charge in [-0.1, -0.05) is 42.5 Å². The first kappa shape index (κ1) is 22.6. The van der Waals surface area contributed by atoms with Crippen molar-refractivity contribution in [1.82, 2.24) is 10.6 Å². The van der Waals surface area contributed by atoms with Crippen molar-refractivity contribution in [2.24, 2.45) is 5.92 Å². The van der Waals surface area contributed by atoms with Crippen molar-refractivity contribution >= 4 is 17.5 Å². The molecule has 0 radical (unpaired) electrons. The van der Waals surface area contributed by atoms with Crippen molar-refractivity contribution in [3.05, 3.63) is 65.7 Å². The summed E-state index contributed by atoms with van der Waals surface area (Å²) in [6.07, 6.45) is -5.28. The minimum absolute atomic E-state index is 0.00196. The number of Topliss-reactive ketones (excluding diaryl/α,β-unsaturated/α-hetero) is 1. The average Bonchev–Trinajstić information content (AvgIpc) is 2.74. The molecule has 1 aliphatic heterocycles. The first-order valence-corrected chi connectivity index (χ1v) is 9.94. The van der Waals surface area contributed by atoms with E-state index >= 15 is 0 Å². The van der Waals surface area contributed by atoms with E-state index < -0.39 is 35.7 Å². The smallest absolute Gasteiger partial charge is 0.372 e. The van der Waals surface area contributed by atoms with E-state index in [-0.39, 0.29) is 11.1 Å². The molecule has 3 atom stereocenters. The number of amides is 2. The molecule has 0 saturated carbocycles. The van der Waals surface area contributed by atoms with Crippen LogP contribution in [0.25, 0.3) is 0 Å². The number of carbonyl (C=O) groups excluding carboxylic acids is 2. The second kappa shape index (κ2) is 8.58. The highest BCUT2D eigenvalue weighted by atomic mass is 19.4. The van der Waals surface area contributed by atoms with Gasteiger partial charge in [-0.15, -0.1) is 0 Å². The Kier molecular flexibility index (Phi) is 6.26. The summed E-state index contributed by atoms with van der Waals surface area (Å²) in [5.41, 5.74) is -2.60. The number of halogens is 3. The number of hydrogen-bond acceptors (Lipinski definition) is 4. The topological polar surface area (TPSA) is 81.7 Å². The number of ketones is 1. The largest absolute Gasteiger partial charge is 0.437 e. The van der Waals surface area contributed by atoms with Crippen molar-refractivity contribution in [3.8, 4) is 0 Å². The monoisotopic (exact) mass is 435 g/mol. The number of nitrogens with one attached hydrogen (secondary N) is 2. The van der Waals surface area contributed by atoms with Crippen molar-refractivity contribution in [2.45, 2.75) is 31.8 Å². The highest BCUT2D eigenvalue weighted by Gasteiger charge is 2.66. The molecule has 1 aliphatic rings. The zero-order valence-corrected chi connectivity index (χ0v) is 17.1. The standard InChI is InChI=1S/C22H24F3N3O3/c1-3-28(4-2)16-12-10-14(11-13-16)18-17(19(29)15-8-6-5-7-9-15)21(31,22(23,24)25)27-20(30)26-18/h5-13,17-18,31H,3-4H2,1-2H3,(H2,26,27,30)/t17-,18-,21+/m0/s1. The Bertz CT molecular complexity index is 931. The molecule has 0 aromatic heterocycles. The molecule has 0 bridgehead atoms. The Morgan fingerprint density at radius 1 is 1.06 bits per heavy atom. The molecule has 0 unspecified atom stereocenters. The Labute approximate surface area is 178 Å². The number of benzene rings is 2. The minimum atomic E-state index is -5.28. The molecule has 6 nitrogen and oxygen atoms in total. The van der Waals surface area contributed by atoms with Gasteiger partial charge in [0.25, 0.3) is 0 Å². The lowest BCUT2D eigenvalue weighted by atomic mass is 9.77. The fourth-order valence-corrected chi connectivity index (χ4v) is 3.88. The highest BCUT2D eigenvalue weighted by Crippen LogP contribution is 2.44. The predicted molar refractivity (Wildman–Crippen MR) is 110 cm³/mol. The summed E-state index contributed by atoms with van der Waals surface area (Å²) in [5, 5.41) is 14.5. The van der Waals surface area contributed by atoms with Gasteiger partial charge in [0.2, 0.25) is 5.72 Å². The summed E-state index contributed by atoms with van der Waals surface area (Å²) in [6.45, 7) is 5.43. The first-order chi connectivity index (χ1) is 14.6. The van der Waals surface area contributed by atoms with E-state index in [0.29, 0.717) is 0 Å². The molecule has 1 saturated heterocycles. The molecule has 2 amide bonds. The molecule has 166 valence electrons. The predicted octanol–water partition coefficient (Wildman–Crippen LogP) is 3.64. The van der Waals surface area contributed by atoms with Gasteiger partial charge < -0.3 is 20.6 Å². The van der Waals surface area contributed by atoms with Crippen LogP contribution < -0.4 is 15.5 Å². The van der Waals surface area contributed by atoms with E-state index in [2.05, 4.69) is 5.32 Å². The molecular formula is C22H24F3N3O3. The molecule has 2 aromatic rings. The number of aliphatic hydroxyl groups is 1. The van der Waals surface area contributed by atoms with Gasteiger partial charge >= 0.3 is 12.2 Å². The van der Waals surface area contributed by atoms with Crippen LogP contribution in [0.3, 0.4) is 0 Å². The zero-order valence-electron chi connectivity index (χ0n) is 17.1. The number of alkyl halides is 3. The number of anilines is 1. The normalized spacial score (nSPS) is 23.6. The van der Waals surface area contributed by atoms with E-state index in [0.717, 1.165) is 18.8 Å². The molecule has 2 aromatic carbocycles. The van der Waals surface area contributed by atoms with Crippen LogP contribution in [0, 0.1) is 5.92 Å². The zero-order chi connectivity index (χ0) is 22.8. The van der Waals surface area contributed by atoms with Crippen LogP contribution >= 0.6 is 0 Å². The molecule has 0 spiro atoms. The third-order valence-electron chi connectivity index (χ3n) is 5.53. The second-order valence-corrected chi connectivity index (χ2v) is 7.31. The highest BCUT2D eigenvalue weighted by molar-refractivity contribution is 6.00. The molecule has 1 fully saturated rings. The number of urea groups is 1. The summed E-state index contributed by atoms with van der Waals surface area (Å²) >= 11 is 0. The van der Waals surface area contributed by atoms with Crippen LogP contribution in [0.5, 0.6) is 0 Å². The number of rotatable bonds is 6. The van der Waals surface area contributed by atoms with Gasteiger partial charge in [0.1, 0.15) is 5.92 Å². The summed E-state index contributed by atoms with van der Waals surface area (Å²) in [5.74, 6) is -2.97. The maximum Gasteiger partial charge on any atom is 0.437 e. The lowest BCUT2D eigenvalue weighted by molar-refractivity contribution is -0.287. The molecule has 31 heavy (non-hydrogen) atoms. The van der Waals surface area contributed by atoms with Crippen molar-refractivity contribution in [2.75, 3.05) is 18.0 Å². The molecule has 3 rings (SSSR count). The lowest BCUT2D eigenvalue weighted by Crippen LogP contribution is -2.72. The van der Waals surface area contributed by atoms with Gasteiger partial charge in [0, 0.05) is 24.3 Å². The van der Waals surface area contributed by atoms with Gasteiger partial charge in [-0.05, 0) is 31.5 Å². The Morgan fingerprint density at radius 2 is 1.65 bits per heavy atom. The SMILES string of the molecule is CCN(CC)c1ccc([C@@H]2NC(=O)N[C@](O)(C(F)(F)F)[C@@H]2C(=O)c2ccccc2)cc1. The fraction of sp³-hybridized carbons (Fsp3) is 0.364. The summed E-state index contributed by atoms with van der Waals surface area (Å²) in [4.78, 5) is 27.3. The van der Waals surface area contributed by atoms with Crippen LogP contribution in [0.1, 0.15) is 35.8 Å². The minimum Gasteiger partial charge on any atom is -0.372 e. The second-order valence-electron chi connectivity index (χ2n) is 7.31. The summed E-state index contributed by atoms with van der Waals surface area (Å²) in [6, 6.07) is 11.3. The maximum absolute atomic E-state index is 13.9. The van der Waals surface area contributed by atoms with Crippen LogP contribution in [-0.4, -0.2) is 41.9 Å². The Morgan fingerprint density at radius 3 is 2.16 bits per heavy atom. The first-order valence-electron chi connectivity index (χ1n) is 9.94. The fourth-order valence-electron chi connectivity index (χ4n) is 3.88. The van der Waals surface area contributed by atoms with Gasteiger partial charge in [-0.25, -0.2) is 4.79 Å². The van der Waals surface area contributed by atoms with Crippen LogP contribution in [-0.2, 0) is 0 Å². The van der Waals surface area contributed by atoms with Crippen LogP contribution in [0.2, 0.25) is 0 Å². The number of carbonyl (C=O) groups is 2. The molecule has 0 aliphatic carbocycles. The molecular weight excluding hydrogens is 411 g/mol. The van der Waals surface area contributed by atoms with Gasteiger partial charge in [0.15, 0.2) is 5.78 Å². The summed E-state index contributed by atoms with van der Waals surface area (Å²) in [7, 11) is 0. The third kappa shape index (κ3) is 4.23. The van der Waals surface area contributed by atoms with Gasteiger partial charge in [-0.2, -0.15) is 13.2 Å². The number of hydrogen-bond donors (Lipinski definition) is 3. The maximum atomic E-state index is 13.9. The number of nitrogens with zero attached hydrogens (tertiary/aromatic N) is 1. The third-order valence-corrected chi connectivity index (χ3v) is 5.53. The van der Waals surface area contributed by atoms with Crippen molar-refractivity contribution in [1.29, 1.82) is 0 Å². The summed E-state index contributed by atoms with van der Waals surface area (Å²) < 4.78 is 41.8. The molecule has 1 heterocycles. The van der Waals surface area contributed by atoms with Crippen molar-refractivity contribution < 1.29 is 27.9 Å².